The van der Waals surface area contributed by atoms with Gasteiger partial charge in [-0.25, -0.2) is 8.42 Å². The minimum absolute atomic E-state index is 0.0910. The maximum Gasteiger partial charge on any atom is 0.242 e. The summed E-state index contributed by atoms with van der Waals surface area (Å²) in [7, 11) is -3.37. The first-order valence-electron chi connectivity index (χ1n) is 9.35. The van der Waals surface area contributed by atoms with Gasteiger partial charge in [0.2, 0.25) is 15.9 Å². The highest BCUT2D eigenvalue weighted by atomic mass is 32.2. The molecule has 0 aliphatic carbocycles. The molecule has 1 aliphatic rings. The van der Waals surface area contributed by atoms with E-state index in [9.17, 15) is 13.2 Å². The highest BCUT2D eigenvalue weighted by molar-refractivity contribution is 7.89. The van der Waals surface area contributed by atoms with Crippen molar-refractivity contribution in [2.75, 3.05) is 17.6 Å². The number of fused-ring (bicyclic) bond motifs is 1. The summed E-state index contributed by atoms with van der Waals surface area (Å²) in [5.74, 6) is -0.150. The number of anilines is 1. The van der Waals surface area contributed by atoms with Crippen LogP contribution in [0.15, 0.2) is 30.5 Å². The van der Waals surface area contributed by atoms with Crippen LogP contribution in [-0.2, 0) is 21.4 Å². The first-order chi connectivity index (χ1) is 12.5. The minimum Gasteiger partial charge on any atom is -0.347 e. The predicted octanol–water partition coefficient (Wildman–Crippen LogP) is 3.19. The Bertz CT molecular complexity index is 889. The Kier molecular flexibility index (Phi) is 5.67. The van der Waals surface area contributed by atoms with Gasteiger partial charge in [-0.15, -0.1) is 0 Å². The van der Waals surface area contributed by atoms with Crippen LogP contribution in [0.4, 0.5) is 5.69 Å². The van der Waals surface area contributed by atoms with Crippen LogP contribution in [0, 0.1) is 0 Å². The lowest BCUT2D eigenvalue weighted by Crippen LogP contribution is -2.44. The molecule has 0 radical (unpaired) electrons. The van der Waals surface area contributed by atoms with E-state index in [0.717, 1.165) is 30.3 Å². The molecule has 1 saturated heterocycles. The highest BCUT2D eigenvalue weighted by Gasteiger charge is 2.38. The summed E-state index contributed by atoms with van der Waals surface area (Å²) in [6.45, 7) is 5.36. The maximum absolute atomic E-state index is 12.7. The Hall–Kier alpha value is -1.86. The molecule has 2 heterocycles. The number of nitrogens with one attached hydrogen (secondary N) is 1. The number of sulfonamides is 1. The Morgan fingerprint density at radius 2 is 2.04 bits per heavy atom. The van der Waals surface area contributed by atoms with Crippen LogP contribution in [0.25, 0.3) is 10.9 Å². The Morgan fingerprint density at radius 1 is 1.23 bits per heavy atom. The number of aromatic nitrogens is 1. The summed E-state index contributed by atoms with van der Waals surface area (Å²) in [5, 5.41) is 3.97. The molecule has 1 amide bonds. The molecular formula is C19H27N3O3S. The lowest BCUT2D eigenvalue weighted by molar-refractivity contribution is -0.119. The maximum atomic E-state index is 12.7. The Balaban J connectivity index is 1.76. The third kappa shape index (κ3) is 3.78. The van der Waals surface area contributed by atoms with E-state index in [1.807, 2.05) is 31.2 Å². The first-order valence-corrected chi connectivity index (χ1v) is 11.0. The number of nitrogens with zero attached hydrogens (tertiary/aromatic N) is 2. The van der Waals surface area contributed by atoms with E-state index in [2.05, 4.69) is 23.0 Å². The van der Waals surface area contributed by atoms with Crippen molar-refractivity contribution in [1.82, 2.24) is 8.87 Å². The molecule has 1 atom stereocenters. The topological polar surface area (TPSA) is 71.4 Å². The fourth-order valence-electron chi connectivity index (χ4n) is 3.65. The molecule has 0 saturated carbocycles. The molecule has 0 bridgehead atoms. The average Bonchev–Trinajstić information content (AvgIpc) is 3.23. The van der Waals surface area contributed by atoms with Gasteiger partial charge in [0.25, 0.3) is 0 Å². The zero-order valence-electron chi connectivity index (χ0n) is 15.4. The third-order valence-electron chi connectivity index (χ3n) is 4.83. The molecule has 2 aromatic rings. The summed E-state index contributed by atoms with van der Waals surface area (Å²) in [6.07, 6.45) is 4.96. The van der Waals surface area contributed by atoms with Gasteiger partial charge in [0.05, 0.1) is 5.75 Å². The van der Waals surface area contributed by atoms with Gasteiger partial charge in [0, 0.05) is 35.9 Å². The van der Waals surface area contributed by atoms with Crippen molar-refractivity contribution in [2.24, 2.45) is 0 Å². The van der Waals surface area contributed by atoms with Crippen LogP contribution >= 0.6 is 0 Å². The SMILES string of the molecule is CCCn1ccc2cc(NC(=O)C3CCCN3S(=O)(=O)CCC)ccc21. The molecule has 1 N–H and O–H groups in total. The number of amides is 1. The molecule has 7 heteroatoms. The summed E-state index contributed by atoms with van der Waals surface area (Å²) in [6, 6.07) is 7.26. The molecule has 1 fully saturated rings. The zero-order valence-corrected chi connectivity index (χ0v) is 16.3. The largest absolute Gasteiger partial charge is 0.347 e. The van der Waals surface area contributed by atoms with Crippen LogP contribution in [0.2, 0.25) is 0 Å². The van der Waals surface area contributed by atoms with Crippen molar-refractivity contribution in [1.29, 1.82) is 0 Å². The van der Waals surface area contributed by atoms with E-state index in [1.54, 1.807) is 0 Å². The van der Waals surface area contributed by atoms with Crippen LogP contribution in [0.5, 0.6) is 0 Å². The summed E-state index contributed by atoms with van der Waals surface area (Å²) in [5.41, 5.74) is 1.84. The number of benzene rings is 1. The zero-order chi connectivity index (χ0) is 18.7. The standard InChI is InChI=1S/C19H27N3O3S/c1-3-10-21-12-9-15-14-16(7-8-17(15)21)20-19(23)18-6-5-11-22(18)26(24,25)13-4-2/h7-9,12,14,18H,3-6,10-11,13H2,1-2H3,(H,20,23). The lowest BCUT2D eigenvalue weighted by atomic mass is 10.2. The van der Waals surface area contributed by atoms with E-state index in [-0.39, 0.29) is 11.7 Å². The van der Waals surface area contributed by atoms with Crippen LogP contribution < -0.4 is 5.32 Å². The average molecular weight is 378 g/mol. The molecule has 26 heavy (non-hydrogen) atoms. The van der Waals surface area contributed by atoms with Gasteiger partial charge in [-0.2, -0.15) is 4.31 Å². The molecule has 1 aliphatic heterocycles. The van der Waals surface area contributed by atoms with Gasteiger partial charge < -0.3 is 9.88 Å². The summed E-state index contributed by atoms with van der Waals surface area (Å²) >= 11 is 0. The van der Waals surface area contributed by atoms with Crippen molar-refractivity contribution in [3.05, 3.63) is 30.5 Å². The Labute approximate surface area is 155 Å². The van der Waals surface area contributed by atoms with Crippen molar-refractivity contribution in [2.45, 2.75) is 52.1 Å². The van der Waals surface area contributed by atoms with Crippen LogP contribution in [0.3, 0.4) is 0 Å². The second-order valence-corrected chi connectivity index (χ2v) is 8.90. The molecule has 0 spiro atoms. The number of carbonyl (C=O) groups excluding carboxylic acids is 1. The van der Waals surface area contributed by atoms with Gasteiger partial charge in [-0.05, 0) is 49.9 Å². The summed E-state index contributed by atoms with van der Waals surface area (Å²) in [4.78, 5) is 12.7. The smallest absolute Gasteiger partial charge is 0.242 e. The van der Waals surface area contributed by atoms with E-state index in [1.165, 1.54) is 4.31 Å². The van der Waals surface area contributed by atoms with Crippen LogP contribution in [-0.4, -0.2) is 41.5 Å². The lowest BCUT2D eigenvalue weighted by Gasteiger charge is -2.23. The molecule has 1 unspecified atom stereocenters. The predicted molar refractivity (Wildman–Crippen MR) is 105 cm³/mol. The fraction of sp³-hybridized carbons (Fsp3) is 0.526. The molecule has 142 valence electrons. The summed E-state index contributed by atoms with van der Waals surface area (Å²) < 4.78 is 28.3. The van der Waals surface area contributed by atoms with E-state index in [0.29, 0.717) is 25.1 Å². The van der Waals surface area contributed by atoms with E-state index in [4.69, 9.17) is 0 Å². The van der Waals surface area contributed by atoms with Gasteiger partial charge >= 0.3 is 0 Å². The number of carbonyl (C=O) groups is 1. The van der Waals surface area contributed by atoms with Gasteiger partial charge in [-0.3, -0.25) is 4.79 Å². The first kappa shape index (κ1) is 18.9. The second-order valence-electron chi connectivity index (χ2n) is 6.86. The monoisotopic (exact) mass is 377 g/mol. The van der Waals surface area contributed by atoms with Gasteiger partial charge in [0.1, 0.15) is 6.04 Å². The third-order valence-corrected chi connectivity index (χ3v) is 6.90. The molecule has 3 rings (SSSR count). The van der Waals surface area contributed by atoms with Gasteiger partial charge in [0.15, 0.2) is 0 Å². The minimum atomic E-state index is -3.37. The highest BCUT2D eigenvalue weighted by Crippen LogP contribution is 2.25. The van der Waals surface area contributed by atoms with Gasteiger partial charge in [-0.1, -0.05) is 13.8 Å². The van der Waals surface area contributed by atoms with Crippen molar-refractivity contribution in [3.8, 4) is 0 Å². The number of hydrogen-bond acceptors (Lipinski definition) is 3. The molecule has 6 nitrogen and oxygen atoms in total. The van der Waals surface area contributed by atoms with Crippen LogP contribution in [0.1, 0.15) is 39.5 Å². The molecule has 1 aromatic heterocycles. The van der Waals surface area contributed by atoms with Crippen molar-refractivity contribution >= 4 is 32.5 Å². The molecular weight excluding hydrogens is 350 g/mol. The molecule has 1 aromatic carbocycles. The second kappa shape index (κ2) is 7.80. The quantitative estimate of drug-likeness (QED) is 0.805. The number of rotatable bonds is 7. The number of aryl methyl sites for hydroxylation is 1. The van der Waals surface area contributed by atoms with Crippen molar-refractivity contribution < 1.29 is 13.2 Å². The normalized spacial score (nSPS) is 18.5. The van der Waals surface area contributed by atoms with E-state index < -0.39 is 16.1 Å². The van der Waals surface area contributed by atoms with E-state index >= 15 is 0 Å². The Morgan fingerprint density at radius 3 is 2.77 bits per heavy atom. The van der Waals surface area contributed by atoms with Crippen molar-refractivity contribution in [3.63, 3.8) is 0 Å². The number of hydrogen-bond donors (Lipinski definition) is 1. The fourth-order valence-corrected chi connectivity index (χ4v) is 5.40.